The van der Waals surface area contributed by atoms with Gasteiger partial charge in [-0.25, -0.2) is 4.79 Å². The molecule has 1 aromatic carbocycles. The van der Waals surface area contributed by atoms with E-state index >= 15 is 0 Å². The molecule has 0 bridgehead atoms. The summed E-state index contributed by atoms with van der Waals surface area (Å²) in [5.74, 6) is -2.76. The van der Waals surface area contributed by atoms with E-state index in [9.17, 15) is 13.2 Å². The third kappa shape index (κ3) is 13.9. The van der Waals surface area contributed by atoms with Crippen LogP contribution in [0.2, 0.25) is 0 Å². The zero-order chi connectivity index (χ0) is 26.4. The first-order chi connectivity index (χ1) is 17.2. The van der Waals surface area contributed by atoms with Crippen molar-refractivity contribution in [3.8, 4) is 0 Å². The van der Waals surface area contributed by atoms with Gasteiger partial charge in [0.15, 0.2) is 0 Å². The van der Waals surface area contributed by atoms with Crippen LogP contribution in [0.4, 0.5) is 13.2 Å². The van der Waals surface area contributed by atoms with Crippen molar-refractivity contribution in [2.75, 3.05) is 14.1 Å². The normalized spacial score (nSPS) is 19.8. The Morgan fingerprint density at radius 2 is 1.24 bits per heavy atom. The van der Waals surface area contributed by atoms with Crippen LogP contribution in [-0.2, 0) is 31.8 Å². The van der Waals surface area contributed by atoms with Gasteiger partial charge in [0.05, 0.1) is 0 Å². The Kier molecular flexibility index (Phi) is 17.5. The number of halogens is 3. The second kappa shape index (κ2) is 18.8. The summed E-state index contributed by atoms with van der Waals surface area (Å²) in [5, 5.41) is 7.12. The van der Waals surface area contributed by atoms with E-state index in [0.29, 0.717) is 7.92 Å². The Bertz CT molecular complexity index is 675. The van der Waals surface area contributed by atoms with Crippen LogP contribution in [0.15, 0.2) is 24.3 Å². The number of benzene rings is 1. The van der Waals surface area contributed by atoms with Gasteiger partial charge in [-0.15, -0.1) is 5.56 Å². The van der Waals surface area contributed by atoms with Gasteiger partial charge in [0.25, 0.3) is 0 Å². The van der Waals surface area contributed by atoms with E-state index < -0.39 is 12.1 Å². The Morgan fingerprint density at radius 1 is 0.865 bits per heavy atom. The van der Waals surface area contributed by atoms with Gasteiger partial charge in [0.1, 0.15) is 0 Å². The summed E-state index contributed by atoms with van der Waals surface area (Å²) in [6.07, 6.45) is 18.5. The maximum Gasteiger partial charge on any atom is 0.490 e. The van der Waals surface area contributed by atoms with E-state index in [0.717, 1.165) is 6.54 Å². The van der Waals surface area contributed by atoms with Gasteiger partial charge in [0.2, 0.25) is 0 Å². The first-order valence-electron chi connectivity index (χ1n) is 13.9. The van der Waals surface area contributed by atoms with Crippen LogP contribution in [-0.4, -0.2) is 53.2 Å². The number of carboxylic acids is 1. The maximum absolute atomic E-state index is 10.6. The third-order valence-corrected chi connectivity index (χ3v) is 11.6. The zero-order valence-corrected chi connectivity index (χ0v) is 25.0. The monoisotopic (exact) mass is 634 g/mol. The Hall–Kier alpha value is -0.468. The molecule has 0 saturated heterocycles. The van der Waals surface area contributed by atoms with Gasteiger partial charge in [-0.2, -0.15) is 43.5 Å². The molecule has 4 rings (SSSR count). The minimum absolute atomic E-state index is 0. The molecule has 1 N–H and O–H groups in total. The van der Waals surface area contributed by atoms with Crippen LogP contribution in [0.5, 0.6) is 0 Å². The van der Waals surface area contributed by atoms with Gasteiger partial charge in [-0.05, 0) is 69.6 Å². The molecule has 0 radical (unpaired) electrons. The van der Waals surface area contributed by atoms with Crippen LogP contribution in [0.3, 0.4) is 0 Å². The second-order valence-electron chi connectivity index (χ2n) is 10.8. The molecular formula is C29H46F3NO2PPd-. The maximum atomic E-state index is 10.6. The van der Waals surface area contributed by atoms with Gasteiger partial charge in [0, 0.05) is 27.0 Å². The Balaban J connectivity index is 0.000000321. The average molecular weight is 635 g/mol. The first-order valence-corrected chi connectivity index (χ1v) is 15.4. The largest absolute Gasteiger partial charge is 0.490 e. The summed E-state index contributed by atoms with van der Waals surface area (Å²) in [7, 11) is 4.50. The standard InChI is InChI=1S/C18H33P.C9H12N.C2HF3O2.Pd/c1-4-10-16(11-5-1)19(17-12-6-2-7-13-17)18-14-8-3-9-15-18;1-10(2)8-9-6-4-3-5-7-9;3-2(4,5)1(6)7;/h16-18H,1-15H2;3-6H,8H2,1-2H3;(H,6,7);/q;-1;;. The molecule has 0 aliphatic heterocycles. The van der Waals surface area contributed by atoms with Gasteiger partial charge < -0.3 is 10.0 Å². The van der Waals surface area contributed by atoms with Crippen molar-refractivity contribution in [2.24, 2.45) is 0 Å². The van der Waals surface area contributed by atoms with E-state index in [-0.39, 0.29) is 20.4 Å². The third-order valence-electron chi connectivity index (χ3n) is 7.49. The Labute approximate surface area is 237 Å². The number of carboxylic acid groups (broad SMARTS) is 1. The summed E-state index contributed by atoms with van der Waals surface area (Å²) >= 11 is 0. The molecule has 0 spiro atoms. The first kappa shape index (κ1) is 34.6. The van der Waals surface area contributed by atoms with Crippen molar-refractivity contribution in [2.45, 2.75) is 126 Å². The number of rotatable bonds is 5. The molecule has 37 heavy (non-hydrogen) atoms. The number of aliphatic carboxylic acids is 1. The van der Waals surface area contributed by atoms with Crippen LogP contribution in [0, 0.1) is 6.07 Å². The molecule has 3 nitrogen and oxygen atoms in total. The van der Waals surface area contributed by atoms with E-state index in [1.54, 1.807) is 77.0 Å². The summed E-state index contributed by atoms with van der Waals surface area (Å²) in [6, 6.07) is 11.2. The molecule has 3 aliphatic rings. The molecule has 0 heterocycles. The Morgan fingerprint density at radius 3 is 1.51 bits per heavy atom. The summed E-state index contributed by atoms with van der Waals surface area (Å²) in [5.41, 5.74) is 4.81. The summed E-state index contributed by atoms with van der Waals surface area (Å²) < 4.78 is 31.7. The second-order valence-corrected chi connectivity index (χ2v) is 13.8. The van der Waals surface area contributed by atoms with Gasteiger partial charge >= 0.3 is 12.1 Å². The number of hydrogen-bond donors (Lipinski definition) is 1. The predicted molar refractivity (Wildman–Crippen MR) is 144 cm³/mol. The number of alkyl halides is 3. The molecule has 216 valence electrons. The summed E-state index contributed by atoms with van der Waals surface area (Å²) in [6.45, 7) is 0.973. The molecule has 0 atom stereocenters. The van der Waals surface area contributed by atoms with Crippen molar-refractivity contribution in [3.05, 3.63) is 35.9 Å². The average Bonchev–Trinajstić information content (AvgIpc) is 2.87. The van der Waals surface area contributed by atoms with Crippen molar-refractivity contribution in [3.63, 3.8) is 0 Å². The van der Waals surface area contributed by atoms with E-state index in [1.807, 2.05) is 18.2 Å². The fourth-order valence-electron chi connectivity index (χ4n) is 5.90. The molecule has 0 amide bonds. The van der Waals surface area contributed by atoms with Gasteiger partial charge in [-0.3, -0.25) is 0 Å². The van der Waals surface area contributed by atoms with E-state index in [2.05, 4.69) is 31.1 Å². The molecule has 3 fully saturated rings. The molecule has 0 aromatic heterocycles. The minimum atomic E-state index is -5.08. The van der Waals surface area contributed by atoms with Crippen molar-refractivity contribution >= 4 is 13.9 Å². The van der Waals surface area contributed by atoms with Crippen LogP contribution in [0.25, 0.3) is 0 Å². The van der Waals surface area contributed by atoms with Gasteiger partial charge in [-0.1, -0.05) is 65.7 Å². The number of nitrogens with zero attached hydrogens (tertiary/aromatic N) is 1. The zero-order valence-electron chi connectivity index (χ0n) is 22.6. The quantitative estimate of drug-likeness (QED) is 0.200. The van der Waals surface area contributed by atoms with Crippen molar-refractivity contribution in [1.82, 2.24) is 4.90 Å². The fraction of sp³-hybridized carbons (Fsp3) is 0.759. The fourth-order valence-corrected chi connectivity index (χ4v) is 10.6. The minimum Gasteiger partial charge on any atom is -0.475 e. The predicted octanol–water partition coefficient (Wildman–Crippen LogP) is 8.65. The molecular weight excluding hydrogens is 589 g/mol. The number of hydrogen-bond acceptors (Lipinski definition) is 2. The van der Waals surface area contributed by atoms with Crippen LogP contribution < -0.4 is 0 Å². The van der Waals surface area contributed by atoms with Crippen LogP contribution in [0.1, 0.15) is 102 Å². The number of carbonyl (C=O) groups is 1. The van der Waals surface area contributed by atoms with E-state index in [4.69, 9.17) is 9.90 Å². The van der Waals surface area contributed by atoms with E-state index in [1.165, 1.54) is 41.8 Å². The summed E-state index contributed by atoms with van der Waals surface area (Å²) in [4.78, 5) is 11.0. The molecule has 0 unspecified atom stereocenters. The molecule has 3 aliphatic carbocycles. The molecule has 8 heteroatoms. The topological polar surface area (TPSA) is 40.5 Å². The van der Waals surface area contributed by atoms with Crippen molar-refractivity contribution < 1.29 is 43.5 Å². The smallest absolute Gasteiger partial charge is 0.475 e. The molecule has 1 aromatic rings. The SMILES string of the molecule is C1CCC(P(C2CCCCC2)C2CCCCC2)CC1.CN(C)Cc1[c-]cccc1.O=C(O)C(F)(F)F.[Pd]. The van der Waals surface area contributed by atoms with Crippen LogP contribution >= 0.6 is 7.92 Å². The molecule has 3 saturated carbocycles. The van der Waals surface area contributed by atoms with Crippen molar-refractivity contribution in [1.29, 1.82) is 0 Å².